The first-order valence-electron chi connectivity index (χ1n) is 13.3. The van der Waals surface area contributed by atoms with Crippen LogP contribution in [0.15, 0.2) is 42.5 Å². The van der Waals surface area contributed by atoms with Gasteiger partial charge < -0.3 is 24.8 Å². The van der Waals surface area contributed by atoms with Gasteiger partial charge in [-0.25, -0.2) is 18.4 Å². The van der Waals surface area contributed by atoms with Gasteiger partial charge in [-0.05, 0) is 81.8 Å². The second-order valence-corrected chi connectivity index (χ2v) is 11.2. The van der Waals surface area contributed by atoms with E-state index in [0.717, 1.165) is 44.8 Å². The molecule has 0 aliphatic carbocycles. The Kier molecular flexibility index (Phi) is 8.55. The SMILES string of the molecule is CN(C(=O)Nc1ccc(-c2cc(F)cc(F)c2)cc1)C1CCN(C2CCN(C(=O)OC(C)(C)C)CC2)CC1. The molecule has 2 aromatic rings. The highest BCUT2D eigenvalue weighted by molar-refractivity contribution is 5.89. The lowest BCUT2D eigenvalue weighted by Gasteiger charge is -2.43. The zero-order valence-corrected chi connectivity index (χ0v) is 22.7. The van der Waals surface area contributed by atoms with E-state index in [-0.39, 0.29) is 18.2 Å². The molecule has 0 aromatic heterocycles. The summed E-state index contributed by atoms with van der Waals surface area (Å²) in [5.41, 5.74) is 1.25. The van der Waals surface area contributed by atoms with E-state index in [2.05, 4.69) is 10.2 Å². The van der Waals surface area contributed by atoms with E-state index in [0.29, 0.717) is 35.9 Å². The van der Waals surface area contributed by atoms with E-state index in [1.165, 1.54) is 12.1 Å². The van der Waals surface area contributed by atoms with Gasteiger partial charge in [0, 0.05) is 57.1 Å². The van der Waals surface area contributed by atoms with Crippen molar-refractivity contribution in [2.24, 2.45) is 0 Å². The van der Waals surface area contributed by atoms with Gasteiger partial charge in [-0.2, -0.15) is 0 Å². The molecule has 206 valence electrons. The van der Waals surface area contributed by atoms with Crippen molar-refractivity contribution in [2.45, 2.75) is 64.1 Å². The van der Waals surface area contributed by atoms with Crippen LogP contribution < -0.4 is 5.32 Å². The molecular weight excluding hydrogens is 490 g/mol. The molecule has 9 heteroatoms. The molecule has 38 heavy (non-hydrogen) atoms. The fourth-order valence-electron chi connectivity index (χ4n) is 5.22. The van der Waals surface area contributed by atoms with E-state index in [4.69, 9.17) is 4.74 Å². The molecule has 2 aliphatic rings. The molecule has 0 unspecified atom stereocenters. The number of hydrogen-bond donors (Lipinski definition) is 1. The number of urea groups is 1. The molecule has 2 aromatic carbocycles. The van der Waals surface area contributed by atoms with Gasteiger partial charge >= 0.3 is 12.1 Å². The Morgan fingerprint density at radius 1 is 0.895 bits per heavy atom. The highest BCUT2D eigenvalue weighted by atomic mass is 19.1. The van der Waals surface area contributed by atoms with Crippen LogP contribution in [-0.4, -0.2) is 77.7 Å². The lowest BCUT2D eigenvalue weighted by Crippen LogP contribution is -2.52. The second-order valence-electron chi connectivity index (χ2n) is 11.2. The van der Waals surface area contributed by atoms with Crippen LogP contribution in [0.2, 0.25) is 0 Å². The van der Waals surface area contributed by atoms with Crippen LogP contribution in [0, 0.1) is 11.6 Å². The summed E-state index contributed by atoms with van der Waals surface area (Å²) in [6.07, 6.45) is 3.40. The number of rotatable bonds is 4. The van der Waals surface area contributed by atoms with Gasteiger partial charge in [-0.3, -0.25) is 0 Å². The number of hydrogen-bond acceptors (Lipinski definition) is 4. The molecule has 2 aliphatic heterocycles. The number of nitrogens with one attached hydrogen (secondary N) is 1. The van der Waals surface area contributed by atoms with Crippen molar-refractivity contribution in [3.63, 3.8) is 0 Å². The molecule has 0 saturated carbocycles. The number of nitrogens with zero attached hydrogens (tertiary/aromatic N) is 3. The van der Waals surface area contributed by atoms with E-state index in [1.54, 1.807) is 34.1 Å². The first kappa shape index (κ1) is 27.8. The number of likely N-dealkylation sites (tertiary alicyclic amines) is 2. The molecular formula is C29H38F2N4O3. The predicted molar refractivity (Wildman–Crippen MR) is 144 cm³/mol. The Morgan fingerprint density at radius 2 is 1.47 bits per heavy atom. The fourth-order valence-corrected chi connectivity index (χ4v) is 5.22. The van der Waals surface area contributed by atoms with Crippen molar-refractivity contribution < 1.29 is 23.1 Å². The summed E-state index contributed by atoms with van der Waals surface area (Å²) in [5.74, 6) is -1.26. The summed E-state index contributed by atoms with van der Waals surface area (Å²) in [5, 5.41) is 2.92. The third kappa shape index (κ3) is 7.22. The zero-order chi connectivity index (χ0) is 27.4. The van der Waals surface area contributed by atoms with E-state index in [9.17, 15) is 18.4 Å². The summed E-state index contributed by atoms with van der Waals surface area (Å²) in [6.45, 7) is 8.88. The Labute approximate surface area is 223 Å². The number of benzene rings is 2. The van der Waals surface area contributed by atoms with Crippen molar-refractivity contribution in [1.29, 1.82) is 0 Å². The van der Waals surface area contributed by atoms with E-state index < -0.39 is 17.2 Å². The van der Waals surface area contributed by atoms with E-state index in [1.807, 2.05) is 27.8 Å². The Bertz CT molecular complexity index is 1100. The minimum atomic E-state index is -0.628. The molecule has 0 atom stereocenters. The van der Waals surface area contributed by atoms with Crippen LogP contribution in [0.1, 0.15) is 46.5 Å². The monoisotopic (exact) mass is 528 g/mol. The number of ether oxygens (including phenoxy) is 1. The number of anilines is 1. The van der Waals surface area contributed by atoms with Gasteiger partial charge in [0.05, 0.1) is 0 Å². The highest BCUT2D eigenvalue weighted by Gasteiger charge is 2.33. The quantitative estimate of drug-likeness (QED) is 0.532. The third-order valence-corrected chi connectivity index (χ3v) is 7.33. The van der Waals surface area contributed by atoms with Crippen LogP contribution >= 0.6 is 0 Å². The Hall–Kier alpha value is -3.20. The maximum absolute atomic E-state index is 13.5. The average Bonchev–Trinajstić information content (AvgIpc) is 2.87. The molecule has 3 amide bonds. The van der Waals surface area contributed by atoms with Crippen LogP contribution in [0.3, 0.4) is 0 Å². The molecule has 2 heterocycles. The van der Waals surface area contributed by atoms with Crippen LogP contribution in [0.25, 0.3) is 11.1 Å². The Morgan fingerprint density at radius 3 is 2.03 bits per heavy atom. The van der Waals surface area contributed by atoms with Crippen molar-refractivity contribution >= 4 is 17.8 Å². The van der Waals surface area contributed by atoms with Gasteiger partial charge in [-0.1, -0.05) is 12.1 Å². The molecule has 4 rings (SSSR count). The number of carbonyl (C=O) groups is 2. The molecule has 7 nitrogen and oxygen atoms in total. The first-order valence-corrected chi connectivity index (χ1v) is 13.3. The van der Waals surface area contributed by atoms with Crippen molar-refractivity contribution in [3.05, 3.63) is 54.1 Å². The van der Waals surface area contributed by atoms with Crippen LogP contribution in [0.4, 0.5) is 24.1 Å². The van der Waals surface area contributed by atoms with Crippen LogP contribution in [-0.2, 0) is 4.74 Å². The van der Waals surface area contributed by atoms with Gasteiger partial charge in [0.2, 0.25) is 0 Å². The number of halogens is 2. The minimum Gasteiger partial charge on any atom is -0.444 e. The van der Waals surface area contributed by atoms with Crippen molar-refractivity contribution in [2.75, 3.05) is 38.5 Å². The lowest BCUT2D eigenvalue weighted by atomic mass is 9.97. The first-order chi connectivity index (χ1) is 18.0. The molecule has 1 N–H and O–H groups in total. The number of piperidine rings is 2. The Balaban J connectivity index is 1.23. The predicted octanol–water partition coefficient (Wildman–Crippen LogP) is 5.96. The number of carbonyl (C=O) groups excluding carboxylic acids is 2. The summed E-state index contributed by atoms with van der Waals surface area (Å²) in [4.78, 5) is 31.3. The van der Waals surface area contributed by atoms with Crippen molar-refractivity contribution in [3.8, 4) is 11.1 Å². The molecule has 0 radical (unpaired) electrons. The largest absolute Gasteiger partial charge is 0.444 e. The molecule has 0 bridgehead atoms. The lowest BCUT2D eigenvalue weighted by molar-refractivity contribution is 0.0115. The average molecular weight is 529 g/mol. The summed E-state index contributed by atoms with van der Waals surface area (Å²) < 4.78 is 32.6. The summed E-state index contributed by atoms with van der Waals surface area (Å²) >= 11 is 0. The van der Waals surface area contributed by atoms with Gasteiger partial charge in [0.15, 0.2) is 0 Å². The topological polar surface area (TPSA) is 65.1 Å². The minimum absolute atomic E-state index is 0.141. The standard InChI is InChI=1S/C29H38F2N4O3/c1-29(2,3)38-28(37)35-15-11-26(12-16-35)34-13-9-25(10-14-34)33(4)27(36)32-24-7-5-20(6-8-24)21-17-22(30)19-23(31)18-21/h5-8,17-19,25-26H,9-16H2,1-4H3,(H,32,36). The zero-order valence-electron chi connectivity index (χ0n) is 22.7. The second kappa shape index (κ2) is 11.7. The molecule has 2 saturated heterocycles. The smallest absolute Gasteiger partial charge is 0.410 e. The molecule has 2 fully saturated rings. The normalized spacial score (nSPS) is 17.8. The molecule has 0 spiro atoms. The fraction of sp³-hybridized carbons (Fsp3) is 0.517. The third-order valence-electron chi connectivity index (χ3n) is 7.33. The maximum Gasteiger partial charge on any atom is 0.410 e. The summed E-state index contributed by atoms with van der Waals surface area (Å²) in [7, 11) is 1.82. The van der Waals surface area contributed by atoms with Crippen molar-refractivity contribution in [1.82, 2.24) is 14.7 Å². The number of amides is 3. The maximum atomic E-state index is 13.5. The van der Waals surface area contributed by atoms with Gasteiger partial charge in [0.25, 0.3) is 0 Å². The van der Waals surface area contributed by atoms with E-state index >= 15 is 0 Å². The van der Waals surface area contributed by atoms with Gasteiger partial charge in [-0.15, -0.1) is 0 Å². The highest BCUT2D eigenvalue weighted by Crippen LogP contribution is 2.26. The summed E-state index contributed by atoms with van der Waals surface area (Å²) in [6, 6.07) is 10.7. The van der Waals surface area contributed by atoms with Crippen LogP contribution in [0.5, 0.6) is 0 Å². The van der Waals surface area contributed by atoms with Gasteiger partial charge in [0.1, 0.15) is 17.2 Å².